The van der Waals surface area contributed by atoms with Gasteiger partial charge in [0.1, 0.15) is 5.69 Å². The predicted octanol–water partition coefficient (Wildman–Crippen LogP) is 3.91. The van der Waals surface area contributed by atoms with E-state index in [0.29, 0.717) is 11.6 Å². The Balaban J connectivity index is 1.58. The molecule has 0 spiro atoms. The molecule has 5 nitrogen and oxygen atoms in total. The number of carbonyl (C=O) groups excluding carboxylic acids is 1. The Hall–Kier alpha value is -2.30. The summed E-state index contributed by atoms with van der Waals surface area (Å²) in [6, 6.07) is 8.04. The van der Waals surface area contributed by atoms with Crippen molar-refractivity contribution in [2.75, 3.05) is 5.73 Å². The number of nitrogens with zero attached hydrogens (tertiary/aromatic N) is 2. The summed E-state index contributed by atoms with van der Waals surface area (Å²) in [5.74, 6) is 0.478. The van der Waals surface area contributed by atoms with Crippen molar-refractivity contribution in [1.82, 2.24) is 15.1 Å². The van der Waals surface area contributed by atoms with Crippen molar-refractivity contribution in [3.63, 3.8) is 0 Å². The van der Waals surface area contributed by atoms with E-state index in [1.807, 2.05) is 22.9 Å². The van der Waals surface area contributed by atoms with E-state index in [9.17, 15) is 4.79 Å². The number of aryl methyl sites for hydroxylation is 1. The topological polar surface area (TPSA) is 72.9 Å². The van der Waals surface area contributed by atoms with Gasteiger partial charge < -0.3 is 11.1 Å². The number of hydrogen-bond donors (Lipinski definition) is 2. The summed E-state index contributed by atoms with van der Waals surface area (Å²) in [6.07, 6.45) is 5.43. The van der Waals surface area contributed by atoms with Crippen molar-refractivity contribution in [3.8, 4) is 0 Å². The molecule has 0 radical (unpaired) electrons. The first kappa shape index (κ1) is 17.1. The Morgan fingerprint density at radius 3 is 2.69 bits per heavy atom. The van der Waals surface area contributed by atoms with Crippen LogP contribution in [0, 0.1) is 0 Å². The summed E-state index contributed by atoms with van der Waals surface area (Å²) in [5, 5.41) is 7.87. The Bertz CT molecular complexity index is 842. The lowest BCUT2D eigenvalue weighted by Gasteiger charge is -2.26. The molecule has 1 aromatic heterocycles. The molecule has 3 N–H and O–H groups in total. The molecule has 5 heteroatoms. The van der Waals surface area contributed by atoms with Gasteiger partial charge in [-0.1, -0.05) is 6.07 Å². The van der Waals surface area contributed by atoms with Crippen molar-refractivity contribution >= 4 is 11.6 Å². The van der Waals surface area contributed by atoms with Gasteiger partial charge >= 0.3 is 0 Å². The van der Waals surface area contributed by atoms with Gasteiger partial charge in [0.15, 0.2) is 0 Å². The average molecular weight is 352 g/mol. The SMILES string of the molecule is CC(C)(C)n1nc(C(=O)NC2CCCc3cc(N)ccc32)cc1C1CC1. The average Bonchev–Trinajstić information content (AvgIpc) is 3.31. The van der Waals surface area contributed by atoms with Crippen LogP contribution in [0.4, 0.5) is 5.69 Å². The summed E-state index contributed by atoms with van der Waals surface area (Å²) in [5.41, 5.74) is 10.7. The second kappa shape index (κ2) is 6.15. The number of amides is 1. The highest BCUT2D eigenvalue weighted by Gasteiger charge is 2.33. The number of hydrogen-bond acceptors (Lipinski definition) is 3. The molecule has 1 unspecified atom stereocenters. The number of carbonyl (C=O) groups is 1. The number of fused-ring (bicyclic) bond motifs is 1. The molecule has 0 aliphatic heterocycles. The lowest BCUT2D eigenvalue weighted by atomic mass is 9.87. The van der Waals surface area contributed by atoms with E-state index >= 15 is 0 Å². The Kier molecular flexibility index (Phi) is 4.05. The molecule has 26 heavy (non-hydrogen) atoms. The fourth-order valence-corrected chi connectivity index (χ4v) is 3.93. The van der Waals surface area contributed by atoms with Gasteiger partial charge in [-0.2, -0.15) is 5.10 Å². The monoisotopic (exact) mass is 352 g/mol. The van der Waals surface area contributed by atoms with Gasteiger partial charge in [-0.25, -0.2) is 0 Å². The quantitative estimate of drug-likeness (QED) is 0.823. The zero-order valence-electron chi connectivity index (χ0n) is 15.9. The van der Waals surface area contributed by atoms with E-state index in [2.05, 4.69) is 37.3 Å². The number of nitrogens with two attached hydrogens (primary N) is 1. The first-order valence-corrected chi connectivity index (χ1v) is 9.62. The van der Waals surface area contributed by atoms with Crippen LogP contribution in [0.1, 0.15) is 85.7 Å². The smallest absolute Gasteiger partial charge is 0.272 e. The van der Waals surface area contributed by atoms with E-state index in [1.165, 1.54) is 29.7 Å². The fourth-order valence-electron chi connectivity index (χ4n) is 3.93. The normalized spacial score (nSPS) is 19.9. The van der Waals surface area contributed by atoms with Gasteiger partial charge in [-0.05, 0) is 82.2 Å². The maximum absolute atomic E-state index is 12.9. The van der Waals surface area contributed by atoms with Gasteiger partial charge in [0.05, 0.1) is 11.6 Å². The van der Waals surface area contributed by atoms with Crippen LogP contribution in [0.3, 0.4) is 0 Å². The molecular formula is C21H28N4O. The molecule has 0 saturated heterocycles. The van der Waals surface area contributed by atoms with Crippen LogP contribution >= 0.6 is 0 Å². The third-order valence-electron chi connectivity index (χ3n) is 5.39. The summed E-state index contributed by atoms with van der Waals surface area (Å²) >= 11 is 0. The molecule has 1 fully saturated rings. The van der Waals surface area contributed by atoms with Crippen LogP contribution in [0.5, 0.6) is 0 Å². The van der Waals surface area contributed by atoms with Gasteiger partial charge in [-0.15, -0.1) is 0 Å². The van der Waals surface area contributed by atoms with Crippen molar-refractivity contribution in [2.24, 2.45) is 0 Å². The molecule has 138 valence electrons. The van der Waals surface area contributed by atoms with Crippen LogP contribution in [-0.4, -0.2) is 15.7 Å². The van der Waals surface area contributed by atoms with Gasteiger partial charge in [-0.3, -0.25) is 9.48 Å². The van der Waals surface area contributed by atoms with Gasteiger partial charge in [0.2, 0.25) is 0 Å². The highest BCUT2D eigenvalue weighted by molar-refractivity contribution is 5.92. The van der Waals surface area contributed by atoms with Crippen LogP contribution in [0.15, 0.2) is 24.3 Å². The zero-order chi connectivity index (χ0) is 18.5. The van der Waals surface area contributed by atoms with Crippen LogP contribution in [-0.2, 0) is 12.0 Å². The largest absolute Gasteiger partial charge is 0.399 e. The van der Waals surface area contributed by atoms with Crippen LogP contribution < -0.4 is 11.1 Å². The molecule has 1 heterocycles. The zero-order valence-corrected chi connectivity index (χ0v) is 15.9. The Labute approximate surface area is 155 Å². The number of benzene rings is 1. The second-order valence-electron chi connectivity index (χ2n) is 8.69. The molecule has 1 aromatic carbocycles. The summed E-state index contributed by atoms with van der Waals surface area (Å²) in [6.45, 7) is 6.40. The predicted molar refractivity (Wildman–Crippen MR) is 103 cm³/mol. The molecule has 0 bridgehead atoms. The standard InChI is InChI=1S/C21H28N4O/c1-21(2,3)25-19(13-7-8-13)12-18(24-25)20(26)23-17-6-4-5-14-11-15(22)9-10-16(14)17/h9-13,17H,4-8,22H2,1-3H3,(H,23,26). The third kappa shape index (κ3) is 3.22. The lowest BCUT2D eigenvalue weighted by Crippen LogP contribution is -2.32. The summed E-state index contributed by atoms with van der Waals surface area (Å²) < 4.78 is 2.04. The minimum atomic E-state index is -0.120. The Morgan fingerprint density at radius 2 is 2.00 bits per heavy atom. The van der Waals surface area contributed by atoms with Crippen molar-refractivity contribution in [1.29, 1.82) is 0 Å². The number of aromatic nitrogens is 2. The minimum Gasteiger partial charge on any atom is -0.399 e. The van der Waals surface area contributed by atoms with Crippen molar-refractivity contribution < 1.29 is 4.79 Å². The molecule has 2 aromatic rings. The maximum atomic E-state index is 12.9. The van der Waals surface area contributed by atoms with E-state index < -0.39 is 0 Å². The number of rotatable bonds is 3. The molecule has 2 aliphatic rings. The molecule has 4 rings (SSSR count). The van der Waals surface area contributed by atoms with Gasteiger partial charge in [0.25, 0.3) is 5.91 Å². The highest BCUT2D eigenvalue weighted by Crippen LogP contribution is 2.42. The number of nitrogens with one attached hydrogen (secondary N) is 1. The lowest BCUT2D eigenvalue weighted by molar-refractivity contribution is 0.0926. The first-order valence-electron chi connectivity index (χ1n) is 9.62. The molecule has 1 amide bonds. The molecule has 1 atom stereocenters. The van der Waals surface area contributed by atoms with Crippen molar-refractivity contribution in [3.05, 3.63) is 46.8 Å². The maximum Gasteiger partial charge on any atom is 0.272 e. The van der Waals surface area contributed by atoms with Crippen LogP contribution in [0.2, 0.25) is 0 Å². The first-order chi connectivity index (χ1) is 12.3. The fraction of sp³-hybridized carbons (Fsp3) is 0.524. The minimum absolute atomic E-state index is 0.0380. The van der Waals surface area contributed by atoms with E-state index in [0.717, 1.165) is 24.9 Å². The van der Waals surface area contributed by atoms with Crippen molar-refractivity contribution in [2.45, 2.75) is 70.4 Å². The number of nitrogen functional groups attached to an aromatic ring is 1. The molecule has 1 saturated carbocycles. The van der Waals surface area contributed by atoms with Crippen LogP contribution in [0.25, 0.3) is 0 Å². The third-order valence-corrected chi connectivity index (χ3v) is 5.39. The summed E-state index contributed by atoms with van der Waals surface area (Å²) in [4.78, 5) is 12.9. The molecule has 2 aliphatic carbocycles. The van der Waals surface area contributed by atoms with E-state index in [1.54, 1.807) is 0 Å². The van der Waals surface area contributed by atoms with Gasteiger partial charge in [0, 0.05) is 17.3 Å². The van der Waals surface area contributed by atoms with E-state index in [-0.39, 0.29) is 17.5 Å². The number of anilines is 1. The Morgan fingerprint density at radius 1 is 1.23 bits per heavy atom. The second-order valence-corrected chi connectivity index (χ2v) is 8.69. The summed E-state index contributed by atoms with van der Waals surface area (Å²) in [7, 11) is 0. The van der Waals surface area contributed by atoms with E-state index in [4.69, 9.17) is 5.73 Å². The highest BCUT2D eigenvalue weighted by atomic mass is 16.2. The molecular weight excluding hydrogens is 324 g/mol.